The molecule has 116 valence electrons. The molecule has 0 fully saturated rings. The Balaban J connectivity index is 3.48. The molecule has 0 saturated heterocycles. The van der Waals surface area contributed by atoms with Crippen LogP contribution in [0.4, 0.5) is 0 Å². The van der Waals surface area contributed by atoms with Gasteiger partial charge in [0, 0.05) is 25.3 Å². The highest BCUT2D eigenvalue weighted by Crippen LogP contribution is 2.30. The van der Waals surface area contributed by atoms with Crippen molar-refractivity contribution in [3.05, 3.63) is 39.3 Å². The molecular weight excluding hydrogens is 337 g/mol. The summed E-state index contributed by atoms with van der Waals surface area (Å²) in [5.41, 5.74) is 0. The summed E-state index contributed by atoms with van der Waals surface area (Å²) in [6.45, 7) is 1.65. The van der Waals surface area contributed by atoms with Gasteiger partial charge in [-0.3, -0.25) is 0 Å². The summed E-state index contributed by atoms with van der Waals surface area (Å²) in [7, 11) is -0.959. The van der Waals surface area contributed by atoms with Crippen molar-refractivity contribution >= 4 is 39.0 Å². The van der Waals surface area contributed by atoms with Gasteiger partial charge in [-0.2, -0.15) is 0 Å². The fourth-order valence-corrected chi connectivity index (χ4v) is 3.60. The minimum absolute atomic E-state index is 0.0200. The number of hydrogen-bond donors (Lipinski definition) is 0. The van der Waals surface area contributed by atoms with Crippen LogP contribution in [0, 0.1) is 0 Å². The third kappa shape index (κ3) is 4.36. The van der Waals surface area contributed by atoms with Gasteiger partial charge in [0.25, 0.3) is 0 Å². The quantitative estimate of drug-likeness (QED) is 0.602. The lowest BCUT2D eigenvalue weighted by Crippen LogP contribution is -2.20. The second kappa shape index (κ2) is 7.15. The average molecular weight is 352 g/mol. The Kier molecular flexibility index (Phi) is 6.07. The van der Waals surface area contributed by atoms with E-state index in [4.69, 9.17) is 27.9 Å². The Bertz CT molecular complexity index is 669. The number of nitrogens with zero attached hydrogens (tertiary/aromatic N) is 1. The van der Waals surface area contributed by atoms with Crippen molar-refractivity contribution in [2.24, 2.45) is 0 Å². The second-order valence-corrected chi connectivity index (χ2v) is 6.99. The largest absolute Gasteiger partial charge is 0.462 e. The van der Waals surface area contributed by atoms with E-state index in [-0.39, 0.29) is 21.5 Å². The summed E-state index contributed by atoms with van der Waals surface area (Å²) < 4.78 is 30.0. The van der Waals surface area contributed by atoms with Gasteiger partial charge in [0.15, 0.2) is 4.91 Å². The highest BCUT2D eigenvalue weighted by Gasteiger charge is 2.30. The van der Waals surface area contributed by atoms with Crippen LogP contribution in [0.2, 0.25) is 10.0 Å². The first-order chi connectivity index (χ1) is 9.70. The van der Waals surface area contributed by atoms with E-state index in [0.717, 1.165) is 0 Å². The highest BCUT2D eigenvalue weighted by molar-refractivity contribution is 7.96. The van der Waals surface area contributed by atoms with Crippen LogP contribution in [-0.2, 0) is 19.4 Å². The third-order valence-corrected chi connectivity index (χ3v) is 4.77. The molecule has 5 nitrogen and oxygen atoms in total. The molecule has 0 aliphatic carbocycles. The molecule has 0 unspecified atom stereocenters. The maximum Gasteiger partial charge on any atom is 0.351 e. The monoisotopic (exact) mass is 351 g/mol. The van der Waals surface area contributed by atoms with Crippen LogP contribution in [0.5, 0.6) is 0 Å². The van der Waals surface area contributed by atoms with E-state index >= 15 is 0 Å². The van der Waals surface area contributed by atoms with Crippen LogP contribution in [0.25, 0.3) is 0 Å². The molecule has 0 N–H and O–H groups in total. The van der Waals surface area contributed by atoms with E-state index < -0.39 is 20.7 Å². The Morgan fingerprint density at radius 3 is 2.48 bits per heavy atom. The molecule has 0 radical (unpaired) electrons. The normalized spacial score (nSPS) is 12.1. The maximum atomic E-state index is 12.6. The molecule has 8 heteroatoms. The number of sulfone groups is 1. The zero-order valence-corrected chi connectivity index (χ0v) is 14.1. The van der Waals surface area contributed by atoms with Gasteiger partial charge in [0.1, 0.15) is 0 Å². The molecular formula is C13H15Cl2NO4S. The summed E-state index contributed by atoms with van der Waals surface area (Å²) in [4.78, 5) is 12.6. The van der Waals surface area contributed by atoms with Crippen LogP contribution < -0.4 is 0 Å². The van der Waals surface area contributed by atoms with E-state index in [9.17, 15) is 13.2 Å². The Hall–Kier alpha value is -1.24. The lowest BCUT2D eigenvalue weighted by atomic mass is 10.4. The van der Waals surface area contributed by atoms with Gasteiger partial charge in [-0.25, -0.2) is 13.2 Å². The Labute approximate surface area is 134 Å². The average Bonchev–Trinajstić information content (AvgIpc) is 2.38. The first-order valence-corrected chi connectivity index (χ1v) is 8.19. The first-order valence-electron chi connectivity index (χ1n) is 5.95. The number of ether oxygens (including phenoxy) is 1. The zero-order chi connectivity index (χ0) is 16.2. The van der Waals surface area contributed by atoms with Gasteiger partial charge < -0.3 is 9.64 Å². The van der Waals surface area contributed by atoms with Crippen LogP contribution in [0.3, 0.4) is 0 Å². The number of halogens is 2. The Morgan fingerprint density at radius 1 is 1.33 bits per heavy atom. The predicted octanol–water partition coefficient (Wildman–Crippen LogP) is 2.73. The summed E-state index contributed by atoms with van der Waals surface area (Å²) in [5.74, 6) is -0.942. The minimum Gasteiger partial charge on any atom is -0.462 e. The topological polar surface area (TPSA) is 63.7 Å². The van der Waals surface area contributed by atoms with E-state index in [1.807, 2.05) is 0 Å². The zero-order valence-electron chi connectivity index (χ0n) is 11.8. The summed E-state index contributed by atoms with van der Waals surface area (Å²) in [6.07, 6.45) is 1.17. The molecule has 21 heavy (non-hydrogen) atoms. The van der Waals surface area contributed by atoms with Crippen molar-refractivity contribution in [2.75, 3.05) is 20.7 Å². The lowest BCUT2D eigenvalue weighted by molar-refractivity contribution is -0.137. The molecule has 0 heterocycles. The Morgan fingerprint density at radius 2 is 1.95 bits per heavy atom. The van der Waals surface area contributed by atoms with Crippen molar-refractivity contribution < 1.29 is 17.9 Å². The fraction of sp³-hybridized carbons (Fsp3) is 0.308. The highest BCUT2D eigenvalue weighted by atomic mass is 35.5. The van der Waals surface area contributed by atoms with Gasteiger partial charge in [-0.1, -0.05) is 23.2 Å². The minimum atomic E-state index is -4.14. The molecule has 0 bridgehead atoms. The summed E-state index contributed by atoms with van der Waals surface area (Å²) >= 11 is 11.7. The van der Waals surface area contributed by atoms with Gasteiger partial charge in [0.05, 0.1) is 16.5 Å². The van der Waals surface area contributed by atoms with Crippen molar-refractivity contribution in [1.82, 2.24) is 4.90 Å². The molecule has 0 aliphatic heterocycles. The number of carbonyl (C=O) groups excluding carboxylic acids is 1. The molecule has 0 spiro atoms. The van der Waals surface area contributed by atoms with Gasteiger partial charge >= 0.3 is 5.97 Å². The number of carbonyl (C=O) groups is 1. The molecule has 1 aromatic carbocycles. The standard InChI is InChI=1S/C13H15Cl2NO4S/c1-4-20-13(17)12(8-16(2)3)21(18,19)11-7-9(14)5-6-10(11)15/h5-8H,4H2,1-3H3/b12-8+. The van der Waals surface area contributed by atoms with Crippen molar-refractivity contribution in [3.63, 3.8) is 0 Å². The van der Waals surface area contributed by atoms with Crippen molar-refractivity contribution in [1.29, 1.82) is 0 Å². The third-order valence-electron chi connectivity index (χ3n) is 2.32. The van der Waals surface area contributed by atoms with Crippen LogP contribution in [-0.4, -0.2) is 40.0 Å². The SMILES string of the molecule is CCOC(=O)/C(=C\N(C)C)S(=O)(=O)c1cc(Cl)ccc1Cl. The van der Waals surface area contributed by atoms with E-state index in [2.05, 4.69) is 0 Å². The maximum absolute atomic E-state index is 12.6. The molecule has 1 aromatic rings. The van der Waals surface area contributed by atoms with E-state index in [1.54, 1.807) is 21.0 Å². The van der Waals surface area contributed by atoms with Crippen LogP contribution in [0.15, 0.2) is 34.2 Å². The van der Waals surface area contributed by atoms with Gasteiger partial charge in [0.2, 0.25) is 9.84 Å². The van der Waals surface area contributed by atoms with Crippen molar-refractivity contribution in [2.45, 2.75) is 11.8 Å². The predicted molar refractivity (Wildman–Crippen MR) is 82.1 cm³/mol. The molecule has 0 aromatic heterocycles. The molecule has 1 rings (SSSR count). The smallest absolute Gasteiger partial charge is 0.351 e. The first kappa shape index (κ1) is 17.8. The fourth-order valence-electron chi connectivity index (χ4n) is 1.47. The van der Waals surface area contributed by atoms with Crippen molar-refractivity contribution in [3.8, 4) is 0 Å². The molecule has 0 amide bonds. The summed E-state index contributed by atoms with van der Waals surface area (Å²) in [6, 6.07) is 4.01. The van der Waals surface area contributed by atoms with E-state index in [0.29, 0.717) is 0 Å². The molecule has 0 atom stereocenters. The van der Waals surface area contributed by atoms with E-state index in [1.165, 1.54) is 29.3 Å². The lowest BCUT2D eigenvalue weighted by Gasteiger charge is -2.13. The van der Waals surface area contributed by atoms with Gasteiger partial charge in [-0.05, 0) is 25.1 Å². The van der Waals surface area contributed by atoms with Gasteiger partial charge in [-0.15, -0.1) is 0 Å². The molecule has 0 saturated carbocycles. The van der Waals surface area contributed by atoms with Crippen LogP contribution in [0.1, 0.15) is 6.92 Å². The number of rotatable bonds is 5. The second-order valence-electron chi connectivity index (χ2n) is 4.26. The number of benzene rings is 1. The summed E-state index contributed by atoms with van der Waals surface area (Å²) in [5, 5.41) is 0.180. The van der Waals surface area contributed by atoms with Crippen LogP contribution >= 0.6 is 23.2 Å². The number of esters is 1. The number of hydrogen-bond acceptors (Lipinski definition) is 5. The molecule has 0 aliphatic rings.